The van der Waals surface area contributed by atoms with Gasteiger partial charge in [0.25, 0.3) is 0 Å². The van der Waals surface area contributed by atoms with Crippen LogP contribution in [-0.2, 0) is 4.79 Å². The number of nitrogens with two attached hydrogens (primary N) is 1. The molecule has 1 aliphatic heterocycles. The lowest BCUT2D eigenvalue weighted by Gasteiger charge is -2.35. The molecular formula is C14H21N3OS. The zero-order valence-electron chi connectivity index (χ0n) is 11.5. The van der Waals surface area contributed by atoms with Gasteiger partial charge in [-0.1, -0.05) is 25.6 Å². The Bertz CT molecular complexity index is 442. The van der Waals surface area contributed by atoms with E-state index in [1.807, 2.05) is 11.0 Å². The lowest BCUT2D eigenvalue weighted by atomic mass is 9.92. The maximum atomic E-state index is 12.2. The summed E-state index contributed by atoms with van der Waals surface area (Å²) in [6, 6.07) is 3.61. The minimum absolute atomic E-state index is 0.188. The number of hydrogen-bond acceptors (Lipinski definition) is 4. The number of anilines is 1. The molecule has 1 aliphatic rings. The van der Waals surface area contributed by atoms with Gasteiger partial charge >= 0.3 is 0 Å². The summed E-state index contributed by atoms with van der Waals surface area (Å²) in [7, 11) is 0. The fourth-order valence-corrected chi connectivity index (χ4v) is 3.42. The lowest BCUT2D eigenvalue weighted by Crippen LogP contribution is -2.43. The Hall–Kier alpha value is -1.23. The van der Waals surface area contributed by atoms with Crippen molar-refractivity contribution >= 4 is 23.4 Å². The molecule has 0 radical (unpaired) electrons. The second-order valence-electron chi connectivity index (χ2n) is 5.43. The van der Waals surface area contributed by atoms with Crippen molar-refractivity contribution in [1.82, 2.24) is 9.88 Å². The van der Waals surface area contributed by atoms with Gasteiger partial charge in [-0.2, -0.15) is 0 Å². The molecule has 0 spiro atoms. The Morgan fingerprint density at radius 2 is 2.16 bits per heavy atom. The third-order valence-corrected chi connectivity index (χ3v) is 4.36. The number of nitrogens with zero attached hydrogens (tertiary/aromatic N) is 2. The summed E-state index contributed by atoms with van der Waals surface area (Å²) >= 11 is 1.42. The summed E-state index contributed by atoms with van der Waals surface area (Å²) < 4.78 is 0. The summed E-state index contributed by atoms with van der Waals surface area (Å²) in [5.74, 6) is 1.80. The molecule has 1 aromatic rings. The van der Waals surface area contributed by atoms with E-state index in [-0.39, 0.29) is 5.91 Å². The molecule has 0 aromatic carbocycles. The first-order valence-corrected chi connectivity index (χ1v) is 7.66. The highest BCUT2D eigenvalue weighted by atomic mass is 32.2. The molecular weight excluding hydrogens is 258 g/mol. The molecule has 0 aliphatic carbocycles. The minimum Gasteiger partial charge on any atom is -0.397 e. The highest BCUT2D eigenvalue weighted by Gasteiger charge is 2.25. The van der Waals surface area contributed by atoms with E-state index >= 15 is 0 Å². The topological polar surface area (TPSA) is 59.2 Å². The van der Waals surface area contributed by atoms with Gasteiger partial charge in [0, 0.05) is 19.3 Å². The quantitative estimate of drug-likeness (QED) is 0.862. The average Bonchev–Trinajstić information content (AvgIpc) is 2.36. The van der Waals surface area contributed by atoms with Crippen LogP contribution in [-0.4, -0.2) is 34.6 Å². The smallest absolute Gasteiger partial charge is 0.233 e. The summed E-state index contributed by atoms with van der Waals surface area (Å²) in [5, 5.41) is 0.744. The Morgan fingerprint density at radius 3 is 2.79 bits per heavy atom. The van der Waals surface area contributed by atoms with E-state index < -0.39 is 0 Å². The Labute approximate surface area is 118 Å². The lowest BCUT2D eigenvalue weighted by molar-refractivity contribution is -0.130. The first-order chi connectivity index (χ1) is 9.06. The van der Waals surface area contributed by atoms with Crippen molar-refractivity contribution in [2.75, 3.05) is 24.6 Å². The van der Waals surface area contributed by atoms with E-state index in [0.29, 0.717) is 23.3 Å². The van der Waals surface area contributed by atoms with E-state index in [1.165, 1.54) is 18.2 Å². The summed E-state index contributed by atoms with van der Waals surface area (Å²) in [5.41, 5.74) is 6.46. The SMILES string of the molecule is CC1CC(C)CN(C(=O)CSc2ncccc2N)C1. The standard InChI is InChI=1S/C14H21N3OS/c1-10-6-11(2)8-17(7-10)13(18)9-19-14-12(15)4-3-5-16-14/h3-5,10-11H,6-9,15H2,1-2H3. The van der Waals surface area contributed by atoms with Gasteiger partial charge in [0.1, 0.15) is 5.03 Å². The number of rotatable bonds is 3. The Morgan fingerprint density at radius 1 is 1.47 bits per heavy atom. The molecule has 2 unspecified atom stereocenters. The van der Waals surface area contributed by atoms with Crippen molar-refractivity contribution in [1.29, 1.82) is 0 Å². The van der Waals surface area contributed by atoms with E-state index in [2.05, 4.69) is 18.8 Å². The number of likely N-dealkylation sites (tertiary alicyclic amines) is 1. The van der Waals surface area contributed by atoms with Crippen molar-refractivity contribution in [3.63, 3.8) is 0 Å². The maximum Gasteiger partial charge on any atom is 0.233 e. The Kier molecular flexibility index (Phi) is 4.69. The number of amides is 1. The minimum atomic E-state index is 0.188. The number of pyridine rings is 1. The second-order valence-corrected chi connectivity index (χ2v) is 6.40. The summed E-state index contributed by atoms with van der Waals surface area (Å²) in [6.45, 7) is 6.17. The second kappa shape index (κ2) is 6.28. The average molecular weight is 279 g/mol. The number of aromatic nitrogens is 1. The highest BCUT2D eigenvalue weighted by molar-refractivity contribution is 8.00. The monoisotopic (exact) mass is 279 g/mol. The van der Waals surface area contributed by atoms with E-state index in [4.69, 9.17) is 5.73 Å². The molecule has 1 amide bonds. The van der Waals surface area contributed by atoms with Crippen LogP contribution < -0.4 is 5.73 Å². The van der Waals surface area contributed by atoms with Crippen LogP contribution in [0.3, 0.4) is 0 Å². The molecule has 0 saturated carbocycles. The molecule has 2 heterocycles. The summed E-state index contributed by atoms with van der Waals surface area (Å²) in [4.78, 5) is 18.4. The van der Waals surface area contributed by atoms with Gasteiger partial charge in [-0.25, -0.2) is 4.98 Å². The third kappa shape index (κ3) is 3.86. The van der Waals surface area contributed by atoms with Crippen LogP contribution in [0.25, 0.3) is 0 Å². The molecule has 1 aromatic heterocycles. The normalized spacial score (nSPS) is 23.4. The van der Waals surface area contributed by atoms with Crippen LogP contribution in [0.1, 0.15) is 20.3 Å². The fourth-order valence-electron chi connectivity index (χ4n) is 2.61. The fraction of sp³-hybridized carbons (Fsp3) is 0.571. The number of carbonyl (C=O) groups is 1. The molecule has 2 N–H and O–H groups in total. The number of piperidine rings is 1. The maximum absolute atomic E-state index is 12.2. The van der Waals surface area contributed by atoms with Gasteiger partial charge in [-0.3, -0.25) is 4.79 Å². The van der Waals surface area contributed by atoms with E-state index in [0.717, 1.165) is 18.1 Å². The van der Waals surface area contributed by atoms with Crippen molar-refractivity contribution in [3.8, 4) is 0 Å². The van der Waals surface area contributed by atoms with Crippen molar-refractivity contribution < 1.29 is 4.79 Å². The van der Waals surface area contributed by atoms with Gasteiger partial charge in [0.2, 0.25) is 5.91 Å². The van der Waals surface area contributed by atoms with Crippen molar-refractivity contribution in [2.45, 2.75) is 25.3 Å². The number of thioether (sulfide) groups is 1. The molecule has 2 rings (SSSR count). The van der Waals surface area contributed by atoms with Crippen LogP contribution >= 0.6 is 11.8 Å². The van der Waals surface area contributed by atoms with Crippen LogP contribution in [0.5, 0.6) is 0 Å². The number of hydrogen-bond donors (Lipinski definition) is 1. The predicted molar refractivity (Wildman–Crippen MR) is 78.9 cm³/mol. The largest absolute Gasteiger partial charge is 0.397 e. The molecule has 0 bridgehead atoms. The summed E-state index contributed by atoms with van der Waals surface area (Å²) in [6.07, 6.45) is 2.92. The van der Waals surface area contributed by atoms with Gasteiger partial charge < -0.3 is 10.6 Å². The van der Waals surface area contributed by atoms with E-state index in [1.54, 1.807) is 12.3 Å². The van der Waals surface area contributed by atoms with Crippen molar-refractivity contribution in [2.24, 2.45) is 11.8 Å². The molecule has 4 nitrogen and oxygen atoms in total. The predicted octanol–water partition coefficient (Wildman–Crippen LogP) is 2.26. The molecule has 5 heteroatoms. The number of carbonyl (C=O) groups excluding carboxylic acids is 1. The van der Waals surface area contributed by atoms with Crippen LogP contribution in [0.2, 0.25) is 0 Å². The number of nitrogen functional groups attached to an aromatic ring is 1. The van der Waals surface area contributed by atoms with Crippen LogP contribution in [0, 0.1) is 11.8 Å². The van der Waals surface area contributed by atoms with Gasteiger partial charge in [-0.15, -0.1) is 0 Å². The highest BCUT2D eigenvalue weighted by Crippen LogP contribution is 2.24. The zero-order chi connectivity index (χ0) is 13.8. The molecule has 1 fully saturated rings. The Balaban J connectivity index is 1.89. The van der Waals surface area contributed by atoms with Gasteiger partial charge in [0.15, 0.2) is 0 Å². The zero-order valence-corrected chi connectivity index (χ0v) is 12.3. The molecule has 2 atom stereocenters. The van der Waals surface area contributed by atoms with Crippen LogP contribution in [0.4, 0.5) is 5.69 Å². The van der Waals surface area contributed by atoms with Crippen molar-refractivity contribution in [3.05, 3.63) is 18.3 Å². The first kappa shape index (κ1) is 14.2. The van der Waals surface area contributed by atoms with E-state index in [9.17, 15) is 4.79 Å². The van der Waals surface area contributed by atoms with Gasteiger partial charge in [-0.05, 0) is 30.4 Å². The molecule has 1 saturated heterocycles. The molecule has 19 heavy (non-hydrogen) atoms. The van der Waals surface area contributed by atoms with Gasteiger partial charge in [0.05, 0.1) is 11.4 Å². The third-order valence-electron chi connectivity index (χ3n) is 3.35. The molecule has 104 valence electrons. The first-order valence-electron chi connectivity index (χ1n) is 6.67. The van der Waals surface area contributed by atoms with Crippen LogP contribution in [0.15, 0.2) is 23.4 Å².